The van der Waals surface area contributed by atoms with E-state index in [2.05, 4.69) is 10.3 Å². The molecule has 0 aromatic carbocycles. The third-order valence-corrected chi connectivity index (χ3v) is 3.18. The van der Waals surface area contributed by atoms with Crippen molar-refractivity contribution < 1.29 is 27.9 Å². The molecule has 0 saturated heterocycles. The molecule has 5 nitrogen and oxygen atoms in total. The molecule has 1 aromatic rings. The Kier molecular flexibility index (Phi) is 7.50. The smallest absolute Gasteiger partial charge is 0.417 e. The minimum absolute atomic E-state index is 0.0561. The SMILES string of the molecule is O=C(O)CCCCCCCNC(=O)c1ccc(C(F)(F)F)cn1. The van der Waals surface area contributed by atoms with Crippen LogP contribution in [0.25, 0.3) is 0 Å². The predicted octanol–water partition coefficient (Wildman–Crippen LogP) is 3.26. The normalized spacial score (nSPS) is 11.3. The van der Waals surface area contributed by atoms with E-state index in [1.54, 1.807) is 0 Å². The van der Waals surface area contributed by atoms with E-state index in [-0.39, 0.29) is 12.1 Å². The molecule has 0 atom stereocenters. The summed E-state index contributed by atoms with van der Waals surface area (Å²) in [6.07, 6.45) is 0.232. The molecule has 23 heavy (non-hydrogen) atoms. The summed E-state index contributed by atoms with van der Waals surface area (Å²) in [6, 6.07) is 1.87. The molecule has 0 aliphatic rings. The van der Waals surface area contributed by atoms with E-state index in [0.29, 0.717) is 19.2 Å². The lowest BCUT2D eigenvalue weighted by Crippen LogP contribution is -2.25. The molecule has 2 N–H and O–H groups in total. The standard InChI is InChI=1S/C15H19F3N2O3/c16-15(17,18)11-7-8-12(20-10-11)14(23)19-9-5-3-1-2-4-6-13(21)22/h7-8,10H,1-6,9H2,(H,19,23)(H,21,22). The van der Waals surface area contributed by atoms with Crippen LogP contribution in [-0.4, -0.2) is 28.5 Å². The molecular weight excluding hydrogens is 313 g/mol. The maximum absolute atomic E-state index is 12.4. The molecule has 0 bridgehead atoms. The number of unbranched alkanes of at least 4 members (excludes halogenated alkanes) is 4. The van der Waals surface area contributed by atoms with Crippen LogP contribution in [0.1, 0.15) is 54.6 Å². The highest BCUT2D eigenvalue weighted by molar-refractivity contribution is 5.92. The van der Waals surface area contributed by atoms with Crippen molar-refractivity contribution in [1.29, 1.82) is 0 Å². The second-order valence-electron chi connectivity index (χ2n) is 5.10. The lowest BCUT2D eigenvalue weighted by atomic mass is 10.1. The van der Waals surface area contributed by atoms with Gasteiger partial charge < -0.3 is 10.4 Å². The Morgan fingerprint density at radius 3 is 2.30 bits per heavy atom. The van der Waals surface area contributed by atoms with Gasteiger partial charge in [0.2, 0.25) is 0 Å². The molecule has 0 spiro atoms. The Balaban J connectivity index is 2.20. The van der Waals surface area contributed by atoms with Crippen molar-refractivity contribution in [2.24, 2.45) is 0 Å². The molecule has 0 saturated carbocycles. The first-order valence-electron chi connectivity index (χ1n) is 7.34. The maximum Gasteiger partial charge on any atom is 0.417 e. The third-order valence-electron chi connectivity index (χ3n) is 3.18. The number of aromatic nitrogens is 1. The summed E-state index contributed by atoms with van der Waals surface area (Å²) in [4.78, 5) is 25.5. The highest BCUT2D eigenvalue weighted by Gasteiger charge is 2.30. The molecular formula is C15H19F3N2O3. The van der Waals surface area contributed by atoms with Crippen LogP contribution in [0.5, 0.6) is 0 Å². The Bertz CT molecular complexity index is 516. The summed E-state index contributed by atoms with van der Waals surface area (Å²) in [5, 5.41) is 11.1. The number of halogens is 3. The molecule has 0 radical (unpaired) electrons. The van der Waals surface area contributed by atoms with Crippen molar-refractivity contribution >= 4 is 11.9 Å². The average Bonchev–Trinajstić information content (AvgIpc) is 2.48. The number of nitrogens with one attached hydrogen (secondary N) is 1. The molecule has 1 aromatic heterocycles. The minimum atomic E-state index is -4.47. The van der Waals surface area contributed by atoms with Gasteiger partial charge >= 0.3 is 12.1 Å². The van der Waals surface area contributed by atoms with Crippen LogP contribution in [0.2, 0.25) is 0 Å². The van der Waals surface area contributed by atoms with E-state index in [1.807, 2.05) is 0 Å². The molecule has 0 aliphatic carbocycles. The second kappa shape index (κ2) is 9.12. The number of carbonyl (C=O) groups is 2. The summed E-state index contributed by atoms with van der Waals surface area (Å²) in [6.45, 7) is 0.403. The Hall–Kier alpha value is -2.12. The van der Waals surface area contributed by atoms with Crippen molar-refractivity contribution in [3.8, 4) is 0 Å². The van der Waals surface area contributed by atoms with Crippen LogP contribution < -0.4 is 5.32 Å². The Morgan fingerprint density at radius 1 is 1.09 bits per heavy atom. The number of nitrogens with zero attached hydrogens (tertiary/aromatic N) is 1. The van der Waals surface area contributed by atoms with E-state index in [9.17, 15) is 22.8 Å². The van der Waals surface area contributed by atoms with Gasteiger partial charge in [-0.3, -0.25) is 14.6 Å². The Labute approximate surface area is 131 Å². The number of hydrogen-bond acceptors (Lipinski definition) is 3. The number of rotatable bonds is 9. The summed E-state index contributed by atoms with van der Waals surface area (Å²) >= 11 is 0. The number of amides is 1. The average molecular weight is 332 g/mol. The van der Waals surface area contributed by atoms with E-state index in [4.69, 9.17) is 5.11 Å². The monoisotopic (exact) mass is 332 g/mol. The number of pyridine rings is 1. The second-order valence-corrected chi connectivity index (χ2v) is 5.10. The highest BCUT2D eigenvalue weighted by Crippen LogP contribution is 2.28. The van der Waals surface area contributed by atoms with Gasteiger partial charge in [0.15, 0.2) is 0 Å². The van der Waals surface area contributed by atoms with Crippen molar-refractivity contribution in [2.45, 2.75) is 44.7 Å². The fourth-order valence-electron chi connectivity index (χ4n) is 1.92. The van der Waals surface area contributed by atoms with Gasteiger partial charge in [-0.1, -0.05) is 19.3 Å². The van der Waals surface area contributed by atoms with Crippen molar-refractivity contribution in [1.82, 2.24) is 10.3 Å². The maximum atomic E-state index is 12.4. The number of hydrogen-bond donors (Lipinski definition) is 2. The lowest BCUT2D eigenvalue weighted by Gasteiger charge is -2.07. The molecule has 128 valence electrons. The number of carboxylic acid groups (broad SMARTS) is 1. The van der Waals surface area contributed by atoms with Gasteiger partial charge in [-0.2, -0.15) is 13.2 Å². The number of carboxylic acids is 1. The topological polar surface area (TPSA) is 79.3 Å². The first-order valence-corrected chi connectivity index (χ1v) is 7.34. The number of carbonyl (C=O) groups excluding carboxylic acids is 1. The number of alkyl halides is 3. The van der Waals surface area contributed by atoms with E-state index >= 15 is 0 Å². The first kappa shape index (κ1) is 18.9. The van der Waals surface area contributed by atoms with Crippen LogP contribution in [0.4, 0.5) is 13.2 Å². The van der Waals surface area contributed by atoms with Gasteiger partial charge in [0.25, 0.3) is 5.91 Å². The fraction of sp³-hybridized carbons (Fsp3) is 0.533. The molecule has 1 heterocycles. The zero-order valence-corrected chi connectivity index (χ0v) is 12.5. The molecule has 0 aliphatic heterocycles. The summed E-state index contributed by atoms with van der Waals surface area (Å²) in [7, 11) is 0. The first-order chi connectivity index (χ1) is 10.8. The van der Waals surface area contributed by atoms with Gasteiger partial charge in [-0.25, -0.2) is 0 Å². The van der Waals surface area contributed by atoms with Crippen LogP contribution >= 0.6 is 0 Å². The molecule has 0 fully saturated rings. The van der Waals surface area contributed by atoms with E-state index in [0.717, 1.165) is 37.8 Å². The molecule has 8 heteroatoms. The van der Waals surface area contributed by atoms with Crippen molar-refractivity contribution in [3.63, 3.8) is 0 Å². The quantitative estimate of drug-likeness (QED) is 0.680. The van der Waals surface area contributed by atoms with Crippen molar-refractivity contribution in [3.05, 3.63) is 29.6 Å². The summed E-state index contributed by atoms with van der Waals surface area (Å²) in [5.74, 6) is -1.31. The molecule has 1 rings (SSSR count). The zero-order valence-electron chi connectivity index (χ0n) is 12.5. The predicted molar refractivity (Wildman–Crippen MR) is 76.9 cm³/mol. The third kappa shape index (κ3) is 7.62. The largest absolute Gasteiger partial charge is 0.481 e. The summed E-state index contributed by atoms with van der Waals surface area (Å²) < 4.78 is 37.1. The van der Waals surface area contributed by atoms with Crippen LogP contribution in [0, 0.1) is 0 Å². The van der Waals surface area contributed by atoms with Gasteiger partial charge in [0.05, 0.1) is 5.56 Å². The molecule has 1 amide bonds. The van der Waals surface area contributed by atoms with Crippen LogP contribution in [-0.2, 0) is 11.0 Å². The van der Waals surface area contributed by atoms with Crippen molar-refractivity contribution in [2.75, 3.05) is 6.54 Å². The number of aliphatic carboxylic acids is 1. The van der Waals surface area contributed by atoms with E-state index < -0.39 is 23.6 Å². The van der Waals surface area contributed by atoms with E-state index in [1.165, 1.54) is 0 Å². The molecule has 0 unspecified atom stereocenters. The van der Waals surface area contributed by atoms with Crippen LogP contribution in [0.3, 0.4) is 0 Å². The lowest BCUT2D eigenvalue weighted by molar-refractivity contribution is -0.138. The zero-order chi connectivity index (χ0) is 17.3. The van der Waals surface area contributed by atoms with Gasteiger partial charge in [-0.15, -0.1) is 0 Å². The van der Waals surface area contributed by atoms with Gasteiger partial charge in [0.1, 0.15) is 5.69 Å². The highest BCUT2D eigenvalue weighted by atomic mass is 19.4. The fourth-order valence-corrected chi connectivity index (χ4v) is 1.92. The minimum Gasteiger partial charge on any atom is -0.481 e. The van der Waals surface area contributed by atoms with Gasteiger partial charge in [0, 0.05) is 19.2 Å². The Morgan fingerprint density at radius 2 is 1.74 bits per heavy atom. The summed E-state index contributed by atoms with van der Waals surface area (Å²) in [5.41, 5.74) is -0.949. The van der Waals surface area contributed by atoms with Gasteiger partial charge in [-0.05, 0) is 25.0 Å². The van der Waals surface area contributed by atoms with Crippen LogP contribution in [0.15, 0.2) is 18.3 Å².